The standard InChI is InChI=1S/C24H17ClN2O5/c25-16-10-6-14(7-11-16)20-19-21(32-27(20)18-4-2-1-3-5-18)23(29)26(22(19)28)17-12-8-15(9-13-17)24(30)31/h1-13,20,28-29H,(H,30,31)/t20-/m0/s1. The van der Waals surface area contributed by atoms with Crippen molar-refractivity contribution in [2.45, 2.75) is 6.04 Å². The molecule has 4 aromatic rings. The van der Waals surface area contributed by atoms with Gasteiger partial charge < -0.3 is 20.2 Å². The summed E-state index contributed by atoms with van der Waals surface area (Å²) in [5, 5.41) is 33.4. The molecule has 3 aromatic carbocycles. The third-order valence-electron chi connectivity index (χ3n) is 5.38. The molecule has 32 heavy (non-hydrogen) atoms. The number of halogens is 1. The number of hydrogen-bond donors (Lipinski definition) is 3. The molecule has 5 rings (SSSR count). The van der Waals surface area contributed by atoms with Gasteiger partial charge in [-0.3, -0.25) is 0 Å². The van der Waals surface area contributed by atoms with E-state index in [4.69, 9.17) is 21.5 Å². The largest absolute Gasteiger partial charge is 0.494 e. The predicted molar refractivity (Wildman–Crippen MR) is 119 cm³/mol. The van der Waals surface area contributed by atoms with Crippen LogP contribution >= 0.6 is 11.6 Å². The van der Waals surface area contributed by atoms with Gasteiger partial charge in [0.2, 0.25) is 17.5 Å². The fourth-order valence-electron chi connectivity index (χ4n) is 3.87. The topological polar surface area (TPSA) is 95.2 Å². The molecule has 1 aliphatic rings. The lowest BCUT2D eigenvalue weighted by Crippen LogP contribution is -2.27. The summed E-state index contributed by atoms with van der Waals surface area (Å²) in [6.07, 6.45) is 0. The Morgan fingerprint density at radius 1 is 0.844 bits per heavy atom. The molecule has 2 heterocycles. The summed E-state index contributed by atoms with van der Waals surface area (Å²) < 4.78 is 1.22. The Morgan fingerprint density at radius 3 is 2.12 bits per heavy atom. The van der Waals surface area contributed by atoms with E-state index in [1.165, 1.54) is 28.8 Å². The lowest BCUT2D eigenvalue weighted by atomic mass is 10.00. The Kier molecular flexibility index (Phi) is 4.68. The van der Waals surface area contributed by atoms with Crippen molar-refractivity contribution in [1.29, 1.82) is 0 Å². The minimum atomic E-state index is -1.07. The number of carbonyl (C=O) groups is 1. The minimum Gasteiger partial charge on any atom is -0.494 e. The van der Waals surface area contributed by atoms with Crippen molar-refractivity contribution < 1.29 is 25.0 Å². The third-order valence-corrected chi connectivity index (χ3v) is 5.63. The zero-order chi connectivity index (χ0) is 22.4. The molecule has 0 saturated heterocycles. The molecule has 0 spiro atoms. The number of anilines is 1. The Labute approximate surface area is 187 Å². The molecule has 3 N–H and O–H groups in total. The van der Waals surface area contributed by atoms with Crippen molar-refractivity contribution in [3.63, 3.8) is 0 Å². The maximum Gasteiger partial charge on any atom is 0.335 e. The summed E-state index contributed by atoms with van der Waals surface area (Å²) in [6, 6.07) is 21.7. The van der Waals surface area contributed by atoms with Gasteiger partial charge in [-0.05, 0) is 54.1 Å². The molecule has 7 nitrogen and oxygen atoms in total. The summed E-state index contributed by atoms with van der Waals surface area (Å²) in [7, 11) is 0. The van der Waals surface area contributed by atoms with Crippen LogP contribution in [0.4, 0.5) is 5.69 Å². The van der Waals surface area contributed by atoms with E-state index in [2.05, 4.69) is 0 Å². The van der Waals surface area contributed by atoms with Crippen LogP contribution in [-0.4, -0.2) is 25.9 Å². The van der Waals surface area contributed by atoms with Gasteiger partial charge in [-0.2, -0.15) is 5.06 Å². The summed E-state index contributed by atoms with van der Waals surface area (Å²) in [5.41, 5.74) is 2.41. The molecule has 0 amide bonds. The molecule has 1 aliphatic heterocycles. The quantitative estimate of drug-likeness (QED) is 0.400. The number of hydroxylamine groups is 1. The second-order valence-electron chi connectivity index (χ2n) is 7.28. The number of carboxylic acid groups (broad SMARTS) is 1. The number of para-hydroxylation sites is 1. The van der Waals surface area contributed by atoms with Crippen LogP contribution in [0.15, 0.2) is 78.9 Å². The number of rotatable bonds is 4. The first-order valence-electron chi connectivity index (χ1n) is 9.73. The Balaban J connectivity index is 1.66. The van der Waals surface area contributed by atoms with E-state index >= 15 is 0 Å². The lowest BCUT2D eigenvalue weighted by Gasteiger charge is -2.26. The van der Waals surface area contributed by atoms with Crippen LogP contribution < -0.4 is 9.90 Å². The molecule has 0 saturated carbocycles. The smallest absolute Gasteiger partial charge is 0.335 e. The van der Waals surface area contributed by atoms with Gasteiger partial charge >= 0.3 is 5.97 Å². The fraction of sp³-hybridized carbons (Fsp3) is 0.0417. The molecule has 0 fully saturated rings. The van der Waals surface area contributed by atoms with Gasteiger partial charge in [-0.15, -0.1) is 0 Å². The number of benzene rings is 3. The number of fused-ring (bicyclic) bond motifs is 1. The first kappa shape index (κ1) is 19.8. The molecular formula is C24H17ClN2O5. The van der Waals surface area contributed by atoms with Crippen LogP contribution in [-0.2, 0) is 0 Å². The maximum absolute atomic E-state index is 11.2. The highest BCUT2D eigenvalue weighted by Gasteiger charge is 2.43. The average Bonchev–Trinajstić information content (AvgIpc) is 3.31. The number of nitrogens with zero attached hydrogens (tertiary/aromatic N) is 2. The third kappa shape index (κ3) is 3.11. The highest BCUT2D eigenvalue weighted by atomic mass is 35.5. The Bertz CT molecular complexity index is 1300. The summed E-state index contributed by atoms with van der Waals surface area (Å²) in [4.78, 5) is 17.2. The summed E-state index contributed by atoms with van der Waals surface area (Å²) in [5.74, 6) is -1.45. The number of carboxylic acids is 1. The number of aromatic hydroxyl groups is 2. The normalized spacial score (nSPS) is 14.8. The van der Waals surface area contributed by atoms with Crippen LogP contribution in [0.5, 0.6) is 17.5 Å². The van der Waals surface area contributed by atoms with Crippen LogP contribution in [0.3, 0.4) is 0 Å². The zero-order valence-corrected chi connectivity index (χ0v) is 17.3. The van der Waals surface area contributed by atoms with Crippen molar-refractivity contribution in [3.05, 3.63) is 101 Å². The van der Waals surface area contributed by atoms with Gasteiger partial charge in [-0.1, -0.05) is 41.9 Å². The van der Waals surface area contributed by atoms with Crippen molar-refractivity contribution in [3.8, 4) is 23.2 Å². The fourth-order valence-corrected chi connectivity index (χ4v) is 4.00. The van der Waals surface area contributed by atoms with Crippen LogP contribution in [0.2, 0.25) is 5.02 Å². The molecule has 8 heteroatoms. The van der Waals surface area contributed by atoms with Gasteiger partial charge in [0, 0.05) is 5.02 Å². The molecule has 0 bridgehead atoms. The zero-order valence-electron chi connectivity index (χ0n) is 16.5. The molecule has 1 aromatic heterocycles. The van der Waals surface area contributed by atoms with Gasteiger partial charge in [0.05, 0.1) is 22.5 Å². The SMILES string of the molecule is O=C(O)c1ccc(-n2c(O)c3c(c2O)[C@H](c2ccc(Cl)cc2)N(c2ccccc2)O3)cc1. The monoisotopic (exact) mass is 448 g/mol. The first-order chi connectivity index (χ1) is 15.5. The van der Waals surface area contributed by atoms with Gasteiger partial charge in [0.15, 0.2) is 0 Å². The van der Waals surface area contributed by atoms with E-state index < -0.39 is 12.0 Å². The molecular weight excluding hydrogens is 432 g/mol. The first-order valence-corrected chi connectivity index (χ1v) is 10.1. The van der Waals surface area contributed by atoms with Crippen molar-refractivity contribution in [1.82, 2.24) is 4.57 Å². The van der Waals surface area contributed by atoms with E-state index in [0.717, 1.165) is 11.3 Å². The van der Waals surface area contributed by atoms with E-state index in [-0.39, 0.29) is 23.1 Å². The molecule has 0 unspecified atom stereocenters. The van der Waals surface area contributed by atoms with Gasteiger partial charge in [0.25, 0.3) is 0 Å². The van der Waals surface area contributed by atoms with Crippen LogP contribution in [0.25, 0.3) is 5.69 Å². The number of hydrogen-bond acceptors (Lipinski definition) is 5. The lowest BCUT2D eigenvalue weighted by molar-refractivity contribution is 0.0697. The summed E-state index contributed by atoms with van der Waals surface area (Å²) >= 11 is 6.07. The van der Waals surface area contributed by atoms with E-state index in [1.54, 1.807) is 17.2 Å². The molecule has 0 aliphatic carbocycles. The van der Waals surface area contributed by atoms with E-state index in [9.17, 15) is 15.0 Å². The highest BCUT2D eigenvalue weighted by molar-refractivity contribution is 6.30. The summed E-state index contributed by atoms with van der Waals surface area (Å²) in [6.45, 7) is 0. The van der Waals surface area contributed by atoms with Gasteiger partial charge in [0.1, 0.15) is 6.04 Å². The van der Waals surface area contributed by atoms with Crippen molar-refractivity contribution in [2.75, 3.05) is 5.06 Å². The average molecular weight is 449 g/mol. The van der Waals surface area contributed by atoms with E-state index in [1.807, 2.05) is 42.5 Å². The Morgan fingerprint density at radius 2 is 1.50 bits per heavy atom. The minimum absolute atomic E-state index is 0.0953. The highest BCUT2D eigenvalue weighted by Crippen LogP contribution is 2.54. The number of aromatic carboxylic acids is 1. The van der Waals surface area contributed by atoms with Crippen molar-refractivity contribution >= 4 is 23.3 Å². The maximum atomic E-state index is 11.2. The second-order valence-corrected chi connectivity index (χ2v) is 7.72. The van der Waals surface area contributed by atoms with E-state index in [0.29, 0.717) is 16.3 Å². The predicted octanol–water partition coefficient (Wildman–Crippen LogP) is 5.14. The van der Waals surface area contributed by atoms with Crippen LogP contribution in [0, 0.1) is 0 Å². The molecule has 160 valence electrons. The molecule has 0 radical (unpaired) electrons. The van der Waals surface area contributed by atoms with Crippen molar-refractivity contribution in [2.24, 2.45) is 0 Å². The Hall–Kier alpha value is -4.10. The van der Waals surface area contributed by atoms with Gasteiger partial charge in [-0.25, -0.2) is 9.36 Å². The van der Waals surface area contributed by atoms with Crippen LogP contribution in [0.1, 0.15) is 27.5 Å². The second kappa shape index (κ2) is 7.55. The number of aromatic nitrogens is 1. The molecule has 1 atom stereocenters.